The first kappa shape index (κ1) is 19.1. The number of nitrogens with zero attached hydrogens (tertiary/aromatic N) is 1. The van der Waals surface area contributed by atoms with E-state index >= 15 is 0 Å². The molecular weight excluding hydrogens is 366 g/mol. The highest BCUT2D eigenvalue weighted by molar-refractivity contribution is 5.86. The minimum absolute atomic E-state index is 0.125. The summed E-state index contributed by atoms with van der Waals surface area (Å²) in [7, 11) is 0. The molecule has 1 aromatic heterocycles. The molecule has 2 heterocycles. The van der Waals surface area contributed by atoms with Crippen LogP contribution in [0.25, 0.3) is 10.9 Å². The van der Waals surface area contributed by atoms with E-state index in [2.05, 4.69) is 22.4 Å². The maximum absolute atomic E-state index is 12.6. The Bertz CT molecular complexity index is 997. The fourth-order valence-corrected chi connectivity index (χ4v) is 3.74. The molecule has 0 saturated carbocycles. The first-order valence-electron chi connectivity index (χ1n) is 10.0. The maximum atomic E-state index is 12.6. The molecule has 3 aromatic rings. The smallest absolute Gasteiger partial charge is 0.407 e. The highest BCUT2D eigenvalue weighted by atomic mass is 16.5. The highest BCUT2D eigenvalue weighted by Gasteiger charge is 2.23. The number of hydrogen-bond acceptors (Lipinski definition) is 3. The van der Waals surface area contributed by atoms with Crippen molar-refractivity contribution in [2.45, 2.75) is 32.4 Å². The SMILES string of the molecule is O=C(NCCCC(=O)N1CCc2[nH]c3ccccc3c2C1)OCc1ccccc1. The van der Waals surface area contributed by atoms with Crippen LogP contribution in [0, 0.1) is 0 Å². The fourth-order valence-electron chi connectivity index (χ4n) is 3.74. The molecule has 1 aliphatic rings. The van der Waals surface area contributed by atoms with E-state index < -0.39 is 6.09 Å². The van der Waals surface area contributed by atoms with Gasteiger partial charge in [0, 0.05) is 54.6 Å². The Morgan fingerprint density at radius 1 is 1.07 bits per heavy atom. The second kappa shape index (κ2) is 8.82. The molecule has 6 heteroatoms. The predicted octanol–water partition coefficient (Wildman–Crippen LogP) is 3.76. The van der Waals surface area contributed by atoms with E-state index in [-0.39, 0.29) is 12.5 Å². The van der Waals surface area contributed by atoms with Crippen molar-refractivity contribution in [2.24, 2.45) is 0 Å². The average Bonchev–Trinajstić information content (AvgIpc) is 3.14. The second-order valence-corrected chi connectivity index (χ2v) is 7.29. The minimum Gasteiger partial charge on any atom is -0.445 e. The number of hydrogen-bond donors (Lipinski definition) is 2. The third-order valence-electron chi connectivity index (χ3n) is 5.28. The largest absolute Gasteiger partial charge is 0.445 e. The molecule has 0 unspecified atom stereocenters. The van der Waals surface area contributed by atoms with Crippen LogP contribution in [0.5, 0.6) is 0 Å². The molecule has 0 spiro atoms. The van der Waals surface area contributed by atoms with Gasteiger partial charge in [0.15, 0.2) is 0 Å². The van der Waals surface area contributed by atoms with Gasteiger partial charge in [-0.25, -0.2) is 4.79 Å². The number of aromatic nitrogens is 1. The van der Waals surface area contributed by atoms with Gasteiger partial charge in [-0.1, -0.05) is 48.5 Å². The van der Waals surface area contributed by atoms with Crippen LogP contribution < -0.4 is 5.32 Å². The fraction of sp³-hybridized carbons (Fsp3) is 0.304. The average molecular weight is 391 g/mol. The Hall–Kier alpha value is -3.28. The maximum Gasteiger partial charge on any atom is 0.407 e. The molecule has 1 aliphatic heterocycles. The van der Waals surface area contributed by atoms with Crippen LogP contribution in [-0.2, 0) is 29.1 Å². The topological polar surface area (TPSA) is 74.4 Å². The summed E-state index contributed by atoms with van der Waals surface area (Å²) in [5.74, 6) is 0.125. The first-order chi connectivity index (χ1) is 14.2. The molecule has 150 valence electrons. The zero-order valence-electron chi connectivity index (χ0n) is 16.3. The molecule has 2 N–H and O–H groups in total. The monoisotopic (exact) mass is 391 g/mol. The summed E-state index contributed by atoms with van der Waals surface area (Å²) in [4.78, 5) is 29.7. The van der Waals surface area contributed by atoms with Crippen molar-refractivity contribution in [3.63, 3.8) is 0 Å². The van der Waals surface area contributed by atoms with Crippen molar-refractivity contribution in [2.75, 3.05) is 13.1 Å². The number of nitrogens with one attached hydrogen (secondary N) is 2. The molecule has 0 fully saturated rings. The van der Waals surface area contributed by atoms with Crippen LogP contribution in [-0.4, -0.2) is 35.0 Å². The van der Waals surface area contributed by atoms with Crippen LogP contribution in [0.1, 0.15) is 29.7 Å². The number of para-hydroxylation sites is 1. The lowest BCUT2D eigenvalue weighted by Gasteiger charge is -2.27. The summed E-state index contributed by atoms with van der Waals surface area (Å²) in [5.41, 5.74) is 4.53. The lowest BCUT2D eigenvalue weighted by molar-refractivity contribution is -0.132. The Morgan fingerprint density at radius 2 is 1.86 bits per heavy atom. The molecule has 2 aromatic carbocycles. The van der Waals surface area contributed by atoms with Crippen molar-refractivity contribution in [3.8, 4) is 0 Å². The third kappa shape index (κ3) is 4.59. The molecule has 0 bridgehead atoms. The van der Waals surface area contributed by atoms with Gasteiger partial charge in [-0.3, -0.25) is 4.79 Å². The molecule has 6 nitrogen and oxygen atoms in total. The zero-order valence-corrected chi connectivity index (χ0v) is 16.3. The molecule has 0 atom stereocenters. The number of aromatic amines is 1. The minimum atomic E-state index is -0.456. The number of fused-ring (bicyclic) bond motifs is 3. The van der Waals surface area contributed by atoms with Gasteiger partial charge >= 0.3 is 6.09 Å². The molecule has 0 radical (unpaired) electrons. The molecule has 29 heavy (non-hydrogen) atoms. The summed E-state index contributed by atoms with van der Waals surface area (Å²) < 4.78 is 5.17. The molecule has 4 rings (SSSR count). The Kier molecular flexibility index (Phi) is 5.79. The van der Waals surface area contributed by atoms with Crippen LogP contribution in [0.4, 0.5) is 4.79 Å². The van der Waals surface area contributed by atoms with Crippen molar-refractivity contribution < 1.29 is 14.3 Å². The zero-order chi connectivity index (χ0) is 20.1. The van der Waals surface area contributed by atoms with Gasteiger partial charge in [-0.15, -0.1) is 0 Å². The van der Waals surface area contributed by atoms with E-state index in [0.717, 1.165) is 24.0 Å². The van der Waals surface area contributed by atoms with E-state index in [0.29, 0.717) is 25.9 Å². The van der Waals surface area contributed by atoms with E-state index in [9.17, 15) is 9.59 Å². The van der Waals surface area contributed by atoms with Gasteiger partial charge in [-0.2, -0.15) is 0 Å². The van der Waals surface area contributed by atoms with Gasteiger partial charge < -0.3 is 19.9 Å². The van der Waals surface area contributed by atoms with E-state index in [4.69, 9.17) is 4.74 Å². The summed E-state index contributed by atoms with van der Waals surface area (Å²) in [6.07, 6.45) is 1.40. The van der Waals surface area contributed by atoms with Crippen molar-refractivity contribution in [3.05, 3.63) is 71.4 Å². The highest BCUT2D eigenvalue weighted by Crippen LogP contribution is 2.27. The molecular formula is C23H25N3O3. The summed E-state index contributed by atoms with van der Waals surface area (Å²) in [6.45, 7) is 2.04. The molecule has 0 saturated heterocycles. The van der Waals surface area contributed by atoms with Crippen LogP contribution in [0.15, 0.2) is 54.6 Å². The lowest BCUT2D eigenvalue weighted by atomic mass is 10.0. The Labute approximate surface area is 169 Å². The number of benzene rings is 2. The van der Waals surface area contributed by atoms with Crippen molar-refractivity contribution in [1.29, 1.82) is 0 Å². The summed E-state index contributed by atoms with van der Waals surface area (Å²) in [6, 6.07) is 17.8. The van der Waals surface area contributed by atoms with Gasteiger partial charge in [-0.05, 0) is 18.1 Å². The van der Waals surface area contributed by atoms with Gasteiger partial charge in [0.1, 0.15) is 6.61 Å². The number of H-pyrrole nitrogens is 1. The normalized spacial score (nSPS) is 13.2. The van der Waals surface area contributed by atoms with Crippen molar-refractivity contribution >= 4 is 22.9 Å². The second-order valence-electron chi connectivity index (χ2n) is 7.29. The van der Waals surface area contributed by atoms with Crippen LogP contribution in [0.2, 0.25) is 0 Å². The number of carbonyl (C=O) groups is 2. The van der Waals surface area contributed by atoms with E-state index in [1.807, 2.05) is 47.4 Å². The summed E-state index contributed by atoms with van der Waals surface area (Å²) >= 11 is 0. The van der Waals surface area contributed by atoms with Gasteiger partial charge in [0.2, 0.25) is 5.91 Å². The molecule has 2 amide bonds. The summed E-state index contributed by atoms with van der Waals surface area (Å²) in [5, 5.41) is 3.91. The number of ether oxygens (including phenoxy) is 1. The van der Waals surface area contributed by atoms with E-state index in [1.165, 1.54) is 16.6 Å². The predicted molar refractivity (Wildman–Crippen MR) is 111 cm³/mol. The van der Waals surface area contributed by atoms with Gasteiger partial charge in [0.05, 0.1) is 0 Å². The number of alkyl carbamates (subject to hydrolysis) is 1. The third-order valence-corrected chi connectivity index (χ3v) is 5.28. The van der Waals surface area contributed by atoms with Gasteiger partial charge in [0.25, 0.3) is 0 Å². The number of rotatable bonds is 6. The van der Waals surface area contributed by atoms with Crippen LogP contribution >= 0.6 is 0 Å². The number of amides is 2. The molecule has 0 aliphatic carbocycles. The van der Waals surface area contributed by atoms with Crippen LogP contribution in [0.3, 0.4) is 0 Å². The Balaban J connectivity index is 1.20. The first-order valence-corrected chi connectivity index (χ1v) is 10.0. The lowest BCUT2D eigenvalue weighted by Crippen LogP contribution is -2.36. The van der Waals surface area contributed by atoms with E-state index in [1.54, 1.807) is 0 Å². The standard InChI is InChI=1S/C23H25N3O3/c27-22(11-6-13-24-23(28)29-16-17-7-2-1-3-8-17)26-14-12-21-19(15-26)18-9-4-5-10-20(18)25-21/h1-5,7-10,25H,6,11-16H2,(H,24,28). The van der Waals surface area contributed by atoms with Crippen molar-refractivity contribution in [1.82, 2.24) is 15.2 Å². The Morgan fingerprint density at radius 3 is 2.72 bits per heavy atom. The quantitative estimate of drug-likeness (QED) is 0.629. The number of carbonyl (C=O) groups excluding carboxylic acids is 2.